The predicted octanol–water partition coefficient (Wildman–Crippen LogP) is 1.42. The van der Waals surface area contributed by atoms with Gasteiger partial charge in [-0.2, -0.15) is 0 Å². The van der Waals surface area contributed by atoms with Crippen molar-refractivity contribution >= 4 is 5.91 Å². The smallest absolute Gasteiger partial charge is 0.221 e. The van der Waals surface area contributed by atoms with Gasteiger partial charge in [0.15, 0.2) is 0 Å². The molecule has 1 saturated carbocycles. The molecule has 1 amide bonds. The Kier molecular flexibility index (Phi) is 3.93. The molecule has 0 aromatic rings. The molecule has 82 valence electrons. The molecule has 0 spiro atoms. The molecular formula is C11H22N2O. The van der Waals surface area contributed by atoms with E-state index in [2.05, 4.69) is 19.2 Å². The lowest BCUT2D eigenvalue weighted by Crippen LogP contribution is -2.47. The van der Waals surface area contributed by atoms with Gasteiger partial charge >= 0.3 is 0 Å². The van der Waals surface area contributed by atoms with E-state index in [0.717, 1.165) is 6.42 Å². The van der Waals surface area contributed by atoms with Crippen molar-refractivity contribution in [2.45, 2.75) is 52.0 Å². The van der Waals surface area contributed by atoms with Gasteiger partial charge in [-0.15, -0.1) is 0 Å². The summed E-state index contributed by atoms with van der Waals surface area (Å²) in [5, 5.41) is 3.09. The van der Waals surface area contributed by atoms with Crippen LogP contribution in [0.1, 0.15) is 46.0 Å². The van der Waals surface area contributed by atoms with Gasteiger partial charge in [0.05, 0.1) is 0 Å². The van der Waals surface area contributed by atoms with Gasteiger partial charge in [0, 0.05) is 19.0 Å². The Balaban J connectivity index is 2.45. The van der Waals surface area contributed by atoms with E-state index in [-0.39, 0.29) is 11.3 Å². The van der Waals surface area contributed by atoms with Crippen LogP contribution in [0.5, 0.6) is 0 Å². The average molecular weight is 198 g/mol. The first-order chi connectivity index (χ1) is 6.56. The quantitative estimate of drug-likeness (QED) is 0.720. The first kappa shape index (κ1) is 11.5. The Morgan fingerprint density at radius 2 is 2.21 bits per heavy atom. The van der Waals surface area contributed by atoms with Crippen LogP contribution in [0.3, 0.4) is 0 Å². The number of nitrogens with two attached hydrogens (primary N) is 1. The predicted molar refractivity (Wildman–Crippen MR) is 57.9 cm³/mol. The van der Waals surface area contributed by atoms with Crippen molar-refractivity contribution in [2.75, 3.05) is 6.54 Å². The highest BCUT2D eigenvalue weighted by Crippen LogP contribution is 2.35. The van der Waals surface area contributed by atoms with Crippen LogP contribution in [-0.2, 0) is 4.79 Å². The molecule has 0 heterocycles. The molecule has 0 saturated heterocycles. The maximum atomic E-state index is 11.4. The van der Waals surface area contributed by atoms with Gasteiger partial charge in [0.1, 0.15) is 0 Å². The molecule has 1 aliphatic rings. The Labute approximate surface area is 86.4 Å². The molecular weight excluding hydrogens is 176 g/mol. The fraction of sp³-hybridized carbons (Fsp3) is 0.909. The lowest BCUT2D eigenvalue weighted by atomic mass is 9.73. The molecule has 3 nitrogen and oxygen atoms in total. The van der Waals surface area contributed by atoms with Crippen molar-refractivity contribution in [3.8, 4) is 0 Å². The van der Waals surface area contributed by atoms with E-state index in [4.69, 9.17) is 5.73 Å². The first-order valence-corrected chi connectivity index (χ1v) is 5.56. The van der Waals surface area contributed by atoms with Crippen molar-refractivity contribution in [3.05, 3.63) is 0 Å². The maximum absolute atomic E-state index is 11.4. The SMILES string of the molecule is CC1(C)CCCCC1NC(=O)CCN. The van der Waals surface area contributed by atoms with E-state index in [9.17, 15) is 4.79 Å². The number of carbonyl (C=O) groups is 1. The molecule has 0 aliphatic heterocycles. The number of hydrogen-bond donors (Lipinski definition) is 2. The largest absolute Gasteiger partial charge is 0.353 e. The van der Waals surface area contributed by atoms with Crippen LogP contribution < -0.4 is 11.1 Å². The highest BCUT2D eigenvalue weighted by molar-refractivity contribution is 5.76. The average Bonchev–Trinajstić information content (AvgIpc) is 2.09. The molecule has 0 aromatic carbocycles. The summed E-state index contributed by atoms with van der Waals surface area (Å²) in [4.78, 5) is 11.4. The zero-order valence-electron chi connectivity index (χ0n) is 9.31. The van der Waals surface area contributed by atoms with Gasteiger partial charge in [-0.25, -0.2) is 0 Å². The van der Waals surface area contributed by atoms with Gasteiger partial charge in [0.25, 0.3) is 0 Å². The summed E-state index contributed by atoms with van der Waals surface area (Å²) in [6.45, 7) is 4.91. The van der Waals surface area contributed by atoms with Crippen LogP contribution in [-0.4, -0.2) is 18.5 Å². The Morgan fingerprint density at radius 1 is 1.50 bits per heavy atom. The van der Waals surface area contributed by atoms with E-state index in [1.807, 2.05) is 0 Å². The Bertz CT molecular complexity index is 201. The minimum absolute atomic E-state index is 0.104. The number of hydrogen-bond acceptors (Lipinski definition) is 2. The van der Waals surface area contributed by atoms with E-state index < -0.39 is 0 Å². The second-order valence-corrected chi connectivity index (χ2v) is 4.89. The van der Waals surface area contributed by atoms with Crippen molar-refractivity contribution in [1.29, 1.82) is 0 Å². The van der Waals surface area contributed by atoms with Gasteiger partial charge in [0.2, 0.25) is 5.91 Å². The van der Waals surface area contributed by atoms with E-state index in [1.54, 1.807) is 0 Å². The summed E-state index contributed by atoms with van der Waals surface area (Å²) in [7, 11) is 0. The standard InChI is InChI=1S/C11H22N2O/c1-11(2)7-4-3-5-9(11)13-10(14)6-8-12/h9H,3-8,12H2,1-2H3,(H,13,14). The molecule has 0 radical (unpaired) electrons. The van der Waals surface area contributed by atoms with E-state index in [1.165, 1.54) is 19.3 Å². The molecule has 14 heavy (non-hydrogen) atoms. The summed E-state index contributed by atoms with van der Waals surface area (Å²) in [5.74, 6) is 0.104. The zero-order valence-corrected chi connectivity index (χ0v) is 9.31. The van der Waals surface area contributed by atoms with Crippen LogP contribution in [0.25, 0.3) is 0 Å². The fourth-order valence-electron chi connectivity index (χ4n) is 2.16. The third-order valence-electron chi connectivity index (χ3n) is 3.21. The second-order valence-electron chi connectivity index (χ2n) is 4.89. The summed E-state index contributed by atoms with van der Waals surface area (Å²) in [5.41, 5.74) is 5.59. The second kappa shape index (κ2) is 4.78. The molecule has 0 bridgehead atoms. The van der Waals surface area contributed by atoms with E-state index in [0.29, 0.717) is 19.0 Å². The monoisotopic (exact) mass is 198 g/mol. The lowest BCUT2D eigenvalue weighted by molar-refractivity contribution is -0.122. The minimum Gasteiger partial charge on any atom is -0.353 e. The summed E-state index contributed by atoms with van der Waals surface area (Å²) in [6.07, 6.45) is 5.30. The molecule has 1 rings (SSSR count). The highest BCUT2D eigenvalue weighted by atomic mass is 16.1. The summed E-state index contributed by atoms with van der Waals surface area (Å²) >= 11 is 0. The maximum Gasteiger partial charge on any atom is 0.221 e. The molecule has 0 aromatic heterocycles. The molecule has 1 aliphatic carbocycles. The third-order valence-corrected chi connectivity index (χ3v) is 3.21. The minimum atomic E-state index is 0.104. The number of carbonyl (C=O) groups excluding carboxylic acids is 1. The topological polar surface area (TPSA) is 55.1 Å². The van der Waals surface area contributed by atoms with E-state index >= 15 is 0 Å². The van der Waals surface area contributed by atoms with Crippen LogP contribution in [0.15, 0.2) is 0 Å². The Morgan fingerprint density at radius 3 is 2.79 bits per heavy atom. The van der Waals surface area contributed by atoms with Crippen molar-refractivity contribution < 1.29 is 4.79 Å². The molecule has 1 fully saturated rings. The molecule has 3 N–H and O–H groups in total. The highest BCUT2D eigenvalue weighted by Gasteiger charge is 2.32. The molecule has 1 unspecified atom stereocenters. The lowest BCUT2D eigenvalue weighted by Gasteiger charge is -2.39. The van der Waals surface area contributed by atoms with Gasteiger partial charge in [-0.1, -0.05) is 26.7 Å². The van der Waals surface area contributed by atoms with Crippen LogP contribution >= 0.6 is 0 Å². The molecule has 1 atom stereocenters. The van der Waals surface area contributed by atoms with Gasteiger partial charge < -0.3 is 11.1 Å². The van der Waals surface area contributed by atoms with Gasteiger partial charge in [-0.05, 0) is 18.3 Å². The summed E-state index contributed by atoms with van der Waals surface area (Å²) in [6, 6.07) is 0.343. The van der Waals surface area contributed by atoms with Crippen molar-refractivity contribution in [3.63, 3.8) is 0 Å². The number of rotatable bonds is 3. The van der Waals surface area contributed by atoms with Gasteiger partial charge in [-0.3, -0.25) is 4.79 Å². The van der Waals surface area contributed by atoms with Crippen molar-refractivity contribution in [1.82, 2.24) is 5.32 Å². The molecule has 3 heteroatoms. The number of amides is 1. The zero-order chi connectivity index (χ0) is 10.6. The Hall–Kier alpha value is -0.570. The summed E-state index contributed by atoms with van der Waals surface area (Å²) < 4.78 is 0. The third kappa shape index (κ3) is 2.98. The van der Waals surface area contributed by atoms with Crippen LogP contribution in [0, 0.1) is 5.41 Å². The fourth-order valence-corrected chi connectivity index (χ4v) is 2.16. The van der Waals surface area contributed by atoms with Crippen molar-refractivity contribution in [2.24, 2.45) is 11.1 Å². The normalized spacial score (nSPS) is 25.8. The van der Waals surface area contributed by atoms with Crippen LogP contribution in [0.4, 0.5) is 0 Å². The van der Waals surface area contributed by atoms with Crippen LogP contribution in [0.2, 0.25) is 0 Å². The number of nitrogens with one attached hydrogen (secondary N) is 1. The first-order valence-electron chi connectivity index (χ1n) is 5.56.